The number of isocyanates is 1. The number of hydrogen-bond donors (Lipinski definition) is 0. The van der Waals surface area contributed by atoms with Crippen molar-refractivity contribution in [2.24, 2.45) is 4.99 Å². The molecule has 0 aliphatic carbocycles. The summed E-state index contributed by atoms with van der Waals surface area (Å²) in [5, 5.41) is 0. The number of halogens is 3. The molecule has 0 heterocycles. The molecule has 0 fully saturated rings. The van der Waals surface area contributed by atoms with Crippen LogP contribution in [0.5, 0.6) is 5.75 Å². The predicted molar refractivity (Wildman–Crippen MR) is 45.7 cm³/mol. The highest BCUT2D eigenvalue weighted by Gasteiger charge is 2.08. The number of carbonyl (C=O) groups excluding carboxylic acids is 1. The standard InChI is InChI=1S/C9H6F3NO2/c10-7-3-6(13-5-14)1-2-8(7)15-4-9(11)12/h1-3,9H,4H2. The fourth-order valence-electron chi connectivity index (χ4n) is 0.882. The summed E-state index contributed by atoms with van der Waals surface area (Å²) in [5.41, 5.74) is 0.0481. The van der Waals surface area contributed by atoms with E-state index >= 15 is 0 Å². The van der Waals surface area contributed by atoms with Gasteiger partial charge < -0.3 is 4.74 Å². The summed E-state index contributed by atoms with van der Waals surface area (Å²) in [5.74, 6) is -1.16. The average Bonchev–Trinajstić information content (AvgIpc) is 2.17. The van der Waals surface area contributed by atoms with E-state index in [9.17, 15) is 18.0 Å². The van der Waals surface area contributed by atoms with Crippen molar-refractivity contribution in [2.45, 2.75) is 6.43 Å². The molecule has 1 aromatic rings. The van der Waals surface area contributed by atoms with Crippen LogP contribution in [0.1, 0.15) is 0 Å². The van der Waals surface area contributed by atoms with Gasteiger partial charge in [0.05, 0.1) is 5.69 Å². The molecule has 0 unspecified atom stereocenters. The molecule has 1 rings (SSSR count). The van der Waals surface area contributed by atoms with Gasteiger partial charge >= 0.3 is 0 Å². The summed E-state index contributed by atoms with van der Waals surface area (Å²) in [6.45, 7) is -0.882. The monoisotopic (exact) mass is 217 g/mol. The molecule has 0 saturated heterocycles. The van der Waals surface area contributed by atoms with Gasteiger partial charge in [0.2, 0.25) is 6.08 Å². The van der Waals surface area contributed by atoms with E-state index in [-0.39, 0.29) is 11.4 Å². The van der Waals surface area contributed by atoms with Crippen LogP contribution in [0.4, 0.5) is 18.9 Å². The van der Waals surface area contributed by atoms with Gasteiger partial charge in [0.1, 0.15) is 6.61 Å². The summed E-state index contributed by atoms with van der Waals surface area (Å²) >= 11 is 0. The van der Waals surface area contributed by atoms with Gasteiger partial charge in [-0.25, -0.2) is 18.0 Å². The quantitative estimate of drug-likeness (QED) is 0.573. The summed E-state index contributed by atoms with van der Waals surface area (Å²) < 4.78 is 41.0. The molecule has 80 valence electrons. The van der Waals surface area contributed by atoms with E-state index in [0.717, 1.165) is 12.1 Å². The lowest BCUT2D eigenvalue weighted by molar-refractivity contribution is 0.0799. The van der Waals surface area contributed by atoms with Crippen molar-refractivity contribution in [2.75, 3.05) is 6.61 Å². The number of rotatable bonds is 4. The maximum absolute atomic E-state index is 13.1. The van der Waals surface area contributed by atoms with E-state index in [1.54, 1.807) is 0 Å². The number of nitrogens with zero attached hydrogens (tertiary/aromatic N) is 1. The molecular weight excluding hydrogens is 211 g/mol. The van der Waals surface area contributed by atoms with Crippen LogP contribution in [0.25, 0.3) is 0 Å². The van der Waals surface area contributed by atoms with Gasteiger partial charge in [0, 0.05) is 6.07 Å². The summed E-state index contributed by atoms with van der Waals surface area (Å²) in [6.07, 6.45) is -1.44. The fourth-order valence-corrected chi connectivity index (χ4v) is 0.882. The minimum Gasteiger partial charge on any atom is -0.485 e. The largest absolute Gasteiger partial charge is 0.485 e. The van der Waals surface area contributed by atoms with Gasteiger partial charge in [-0.1, -0.05) is 0 Å². The van der Waals surface area contributed by atoms with Gasteiger partial charge in [-0.3, -0.25) is 0 Å². The first-order chi connectivity index (χ1) is 7.13. The topological polar surface area (TPSA) is 38.7 Å². The normalized spacial score (nSPS) is 9.87. The second-order valence-corrected chi connectivity index (χ2v) is 2.52. The van der Waals surface area contributed by atoms with E-state index in [0.29, 0.717) is 0 Å². The maximum Gasteiger partial charge on any atom is 0.272 e. The highest BCUT2D eigenvalue weighted by Crippen LogP contribution is 2.22. The number of alkyl halides is 2. The molecule has 0 radical (unpaired) electrons. The van der Waals surface area contributed by atoms with E-state index in [1.165, 1.54) is 12.1 Å². The summed E-state index contributed by atoms with van der Waals surface area (Å²) in [7, 11) is 0. The zero-order chi connectivity index (χ0) is 11.3. The molecule has 0 aliphatic rings. The Morgan fingerprint density at radius 3 is 2.73 bits per heavy atom. The second kappa shape index (κ2) is 5.17. The SMILES string of the molecule is O=C=Nc1ccc(OCC(F)F)c(F)c1. The van der Waals surface area contributed by atoms with E-state index in [1.807, 2.05) is 0 Å². The molecule has 0 aromatic heterocycles. The molecule has 1 aromatic carbocycles. The molecule has 15 heavy (non-hydrogen) atoms. The minimum atomic E-state index is -2.67. The number of aliphatic imine (C=N–C) groups is 1. The van der Waals surface area contributed by atoms with Gasteiger partial charge in [-0.05, 0) is 12.1 Å². The van der Waals surface area contributed by atoms with Crippen LogP contribution in [0.15, 0.2) is 23.2 Å². The number of benzene rings is 1. The van der Waals surface area contributed by atoms with Gasteiger partial charge in [0.15, 0.2) is 11.6 Å². The molecule has 0 N–H and O–H groups in total. The number of ether oxygens (including phenoxy) is 1. The minimum absolute atomic E-state index is 0.0481. The van der Waals surface area contributed by atoms with Crippen LogP contribution in [0, 0.1) is 5.82 Å². The lowest BCUT2D eigenvalue weighted by atomic mass is 10.3. The first-order valence-electron chi connectivity index (χ1n) is 3.92. The Morgan fingerprint density at radius 2 is 2.20 bits per heavy atom. The first-order valence-corrected chi connectivity index (χ1v) is 3.92. The highest BCUT2D eigenvalue weighted by atomic mass is 19.3. The fraction of sp³-hybridized carbons (Fsp3) is 0.222. The van der Waals surface area contributed by atoms with Crippen molar-refractivity contribution in [3.63, 3.8) is 0 Å². The van der Waals surface area contributed by atoms with E-state index in [2.05, 4.69) is 9.73 Å². The Bertz CT molecular complexity index is 389. The van der Waals surface area contributed by atoms with Crippen LogP contribution in [-0.4, -0.2) is 19.1 Å². The van der Waals surface area contributed by atoms with Crippen LogP contribution in [0.2, 0.25) is 0 Å². The molecule has 0 aliphatic heterocycles. The Kier molecular flexibility index (Phi) is 3.88. The lowest BCUT2D eigenvalue weighted by Gasteiger charge is -2.06. The zero-order valence-electron chi connectivity index (χ0n) is 7.41. The molecule has 3 nitrogen and oxygen atoms in total. The third-order valence-corrected chi connectivity index (χ3v) is 1.46. The lowest BCUT2D eigenvalue weighted by Crippen LogP contribution is -2.07. The highest BCUT2D eigenvalue weighted by molar-refractivity contribution is 5.50. The zero-order valence-corrected chi connectivity index (χ0v) is 7.41. The predicted octanol–water partition coefficient (Wildman–Crippen LogP) is 2.44. The Labute approximate surface area is 83.2 Å². The van der Waals surface area contributed by atoms with Gasteiger partial charge in [0.25, 0.3) is 6.43 Å². The van der Waals surface area contributed by atoms with E-state index in [4.69, 9.17) is 0 Å². The van der Waals surface area contributed by atoms with Crippen LogP contribution >= 0.6 is 0 Å². The second-order valence-electron chi connectivity index (χ2n) is 2.52. The maximum atomic E-state index is 13.1. The molecule has 6 heteroatoms. The molecular formula is C9H6F3NO2. The van der Waals surface area contributed by atoms with Crippen molar-refractivity contribution < 1.29 is 22.7 Å². The van der Waals surface area contributed by atoms with Crippen molar-refractivity contribution in [1.82, 2.24) is 0 Å². The van der Waals surface area contributed by atoms with Gasteiger partial charge in [-0.15, -0.1) is 0 Å². The van der Waals surface area contributed by atoms with Crippen LogP contribution < -0.4 is 4.74 Å². The molecule has 0 amide bonds. The molecule has 0 atom stereocenters. The average molecular weight is 217 g/mol. The van der Waals surface area contributed by atoms with E-state index < -0.39 is 18.8 Å². The van der Waals surface area contributed by atoms with Crippen LogP contribution in [0.3, 0.4) is 0 Å². The van der Waals surface area contributed by atoms with Gasteiger partial charge in [-0.2, -0.15) is 4.99 Å². The van der Waals surface area contributed by atoms with Crippen molar-refractivity contribution in [3.05, 3.63) is 24.0 Å². The summed E-state index contributed by atoms with van der Waals surface area (Å²) in [6, 6.07) is 3.27. The smallest absolute Gasteiger partial charge is 0.272 e. The molecule has 0 bridgehead atoms. The Balaban J connectivity index is 2.78. The van der Waals surface area contributed by atoms with Crippen LogP contribution in [-0.2, 0) is 4.79 Å². The number of hydrogen-bond acceptors (Lipinski definition) is 3. The third-order valence-electron chi connectivity index (χ3n) is 1.46. The Morgan fingerprint density at radius 1 is 1.47 bits per heavy atom. The third kappa shape index (κ3) is 3.44. The van der Waals surface area contributed by atoms with Crippen molar-refractivity contribution in [1.29, 1.82) is 0 Å². The van der Waals surface area contributed by atoms with Crippen molar-refractivity contribution >= 4 is 11.8 Å². The summed E-state index contributed by atoms with van der Waals surface area (Å²) in [4.78, 5) is 13.0. The molecule has 0 saturated carbocycles. The van der Waals surface area contributed by atoms with Crippen molar-refractivity contribution in [3.8, 4) is 5.75 Å². The first kappa shape index (κ1) is 11.3. The Hall–Kier alpha value is -1.81. The molecule has 0 spiro atoms.